The molecular weight excluding hydrogens is 793 g/mol. The number of rotatable bonds is 14. The summed E-state index contributed by atoms with van der Waals surface area (Å²) in [5, 5.41) is 0. The molecule has 0 aliphatic heterocycles. The number of hydrogen-bond donors (Lipinski definition) is 0. The van der Waals surface area contributed by atoms with Crippen LogP contribution < -0.4 is 0 Å². The van der Waals surface area contributed by atoms with E-state index >= 15 is 0 Å². The van der Waals surface area contributed by atoms with Gasteiger partial charge in [-0.15, -0.1) is 0 Å². The Kier molecular flexibility index (Phi) is 28.4. The first-order valence-corrected chi connectivity index (χ1v) is 26.5. The van der Waals surface area contributed by atoms with Crippen LogP contribution in [-0.2, 0) is 38.5 Å². The second kappa shape index (κ2) is 31.2. The summed E-state index contributed by atoms with van der Waals surface area (Å²) in [6, 6.07) is 23.4. The van der Waals surface area contributed by atoms with Crippen molar-refractivity contribution in [2.75, 3.05) is 0 Å². The van der Waals surface area contributed by atoms with Crippen LogP contribution in [0.2, 0.25) is 0 Å². The van der Waals surface area contributed by atoms with Gasteiger partial charge < -0.3 is 0 Å². The van der Waals surface area contributed by atoms with Gasteiger partial charge in [0, 0.05) is 0 Å². The van der Waals surface area contributed by atoms with Gasteiger partial charge in [0.1, 0.15) is 0 Å². The zero-order chi connectivity index (χ0) is 50.3. The molecule has 0 aromatic heterocycles. The summed E-state index contributed by atoms with van der Waals surface area (Å²) in [4.78, 5) is 0. The zero-order valence-corrected chi connectivity index (χ0v) is 47.4. The van der Waals surface area contributed by atoms with Crippen LogP contribution in [0.15, 0.2) is 60.7 Å². The molecule has 0 amide bonds. The van der Waals surface area contributed by atoms with Gasteiger partial charge >= 0.3 is 0 Å². The highest BCUT2D eigenvalue weighted by molar-refractivity contribution is 5.41. The molecule has 0 aliphatic rings. The van der Waals surface area contributed by atoms with E-state index in [0.717, 1.165) is 12.8 Å². The van der Waals surface area contributed by atoms with Crippen molar-refractivity contribution in [1.29, 1.82) is 0 Å². The van der Waals surface area contributed by atoms with Gasteiger partial charge in [0.15, 0.2) is 0 Å². The van der Waals surface area contributed by atoms with Crippen LogP contribution in [0.25, 0.3) is 0 Å². The van der Waals surface area contributed by atoms with Crippen LogP contribution in [0.4, 0.5) is 0 Å². The molecule has 0 fully saturated rings. The normalized spacial score (nSPS) is 10.7. The Morgan fingerprint density at radius 1 is 0.258 bits per heavy atom. The van der Waals surface area contributed by atoms with Crippen molar-refractivity contribution in [3.05, 3.63) is 172 Å². The maximum Gasteiger partial charge on any atom is -0.0216 e. The third kappa shape index (κ3) is 20.1. The molecule has 5 rings (SSSR count). The van der Waals surface area contributed by atoms with E-state index in [0.29, 0.717) is 11.8 Å². The Bertz CT molecular complexity index is 2000. The van der Waals surface area contributed by atoms with Gasteiger partial charge in [-0.25, -0.2) is 0 Å². The summed E-state index contributed by atoms with van der Waals surface area (Å²) >= 11 is 0. The maximum atomic E-state index is 2.41. The molecule has 366 valence electrons. The van der Waals surface area contributed by atoms with E-state index in [1.807, 2.05) is 0 Å². The minimum atomic E-state index is 0.634. The molecule has 5 aromatic carbocycles. The van der Waals surface area contributed by atoms with E-state index in [1.54, 1.807) is 11.1 Å². The summed E-state index contributed by atoms with van der Waals surface area (Å²) in [6.07, 6.45) is 14.9. The van der Waals surface area contributed by atoms with Gasteiger partial charge in [-0.2, -0.15) is 0 Å². The predicted octanol–water partition coefficient (Wildman–Crippen LogP) is 20.1. The van der Waals surface area contributed by atoms with Crippen molar-refractivity contribution in [3.63, 3.8) is 0 Å². The van der Waals surface area contributed by atoms with E-state index in [1.165, 1.54) is 164 Å². The third-order valence-electron chi connectivity index (χ3n) is 13.8. The fraction of sp³-hybridized carbons (Fsp3) is 0.545. The fourth-order valence-corrected chi connectivity index (χ4v) is 9.13. The summed E-state index contributed by atoms with van der Waals surface area (Å²) in [5.41, 5.74) is 29.4. The smallest absolute Gasteiger partial charge is 0.0216 e. The minimum absolute atomic E-state index is 0.634. The van der Waals surface area contributed by atoms with Gasteiger partial charge in [0.25, 0.3) is 0 Å². The van der Waals surface area contributed by atoms with Crippen LogP contribution in [-0.4, -0.2) is 0 Å². The Balaban J connectivity index is 0.000000416. The van der Waals surface area contributed by atoms with Crippen molar-refractivity contribution >= 4 is 0 Å². The largest absolute Gasteiger partial charge is 0.0654 e. The van der Waals surface area contributed by atoms with Crippen molar-refractivity contribution in [3.8, 4) is 0 Å². The lowest BCUT2D eigenvalue weighted by molar-refractivity contribution is 0.778. The molecule has 0 heterocycles. The van der Waals surface area contributed by atoms with Gasteiger partial charge in [-0.3, -0.25) is 0 Å². The van der Waals surface area contributed by atoms with Crippen LogP contribution in [0.5, 0.6) is 0 Å². The van der Waals surface area contributed by atoms with Crippen molar-refractivity contribution in [2.24, 2.45) is 0 Å². The Morgan fingerprint density at radius 3 is 0.727 bits per heavy atom. The number of hydrogen-bond acceptors (Lipinski definition) is 0. The van der Waals surface area contributed by atoms with E-state index in [4.69, 9.17) is 0 Å². The van der Waals surface area contributed by atoms with Crippen molar-refractivity contribution < 1.29 is 0 Å². The highest BCUT2D eigenvalue weighted by atomic mass is 14.2. The maximum absolute atomic E-state index is 2.41. The van der Waals surface area contributed by atoms with Gasteiger partial charge in [-0.1, -0.05) is 156 Å². The second-order valence-corrected chi connectivity index (χ2v) is 20.4. The average Bonchev–Trinajstić information content (AvgIpc) is 3.26. The van der Waals surface area contributed by atoms with Gasteiger partial charge in [-0.05, 0) is 258 Å². The SMILES string of the molecule is CCCCc1cc(C)c(CCCC)cc1C.CCCc1cc(C)c(CCC)cc1C.CCc1cc(C)c(CC)cc1C.Cc1cc(C(C)C)c(C)cc1C(C)C.Cc1cc(C)c(C)cc1C. The van der Waals surface area contributed by atoms with E-state index in [-0.39, 0.29) is 0 Å². The molecule has 0 atom stereocenters. The third-order valence-corrected chi connectivity index (χ3v) is 13.8. The number of aryl methyl sites for hydroxylation is 18. The lowest BCUT2D eigenvalue weighted by atomic mass is 9.89. The molecule has 66 heavy (non-hydrogen) atoms. The molecule has 0 saturated heterocycles. The molecule has 0 aliphatic carbocycles. The molecule has 0 N–H and O–H groups in total. The summed E-state index contributed by atoms with van der Waals surface area (Å²) in [6.45, 7) is 49.0. The van der Waals surface area contributed by atoms with Crippen LogP contribution >= 0.6 is 0 Å². The monoisotopic (exact) mass is 895 g/mol. The first kappa shape index (κ1) is 60.1. The van der Waals surface area contributed by atoms with Crippen molar-refractivity contribution in [1.82, 2.24) is 0 Å². The highest BCUT2D eigenvalue weighted by Gasteiger charge is 2.10. The molecule has 0 radical (unpaired) electrons. The van der Waals surface area contributed by atoms with E-state index < -0.39 is 0 Å². The molecule has 5 aromatic rings. The lowest BCUT2D eigenvalue weighted by Gasteiger charge is -2.16. The molecule has 0 spiro atoms. The summed E-state index contributed by atoms with van der Waals surface area (Å²) in [7, 11) is 0. The van der Waals surface area contributed by atoms with Crippen LogP contribution in [0.1, 0.15) is 231 Å². The molecule has 0 nitrogen and oxygen atoms in total. The van der Waals surface area contributed by atoms with Crippen LogP contribution in [0.3, 0.4) is 0 Å². The second-order valence-electron chi connectivity index (χ2n) is 20.4. The summed E-state index contributed by atoms with van der Waals surface area (Å²) in [5.74, 6) is 1.27. The Labute approximate surface area is 411 Å². The summed E-state index contributed by atoms with van der Waals surface area (Å²) < 4.78 is 0. The average molecular weight is 896 g/mol. The molecule has 0 bridgehead atoms. The zero-order valence-electron chi connectivity index (χ0n) is 47.4. The van der Waals surface area contributed by atoms with Gasteiger partial charge in [0.05, 0.1) is 0 Å². The topological polar surface area (TPSA) is 0 Å². The van der Waals surface area contributed by atoms with E-state index in [9.17, 15) is 0 Å². The highest BCUT2D eigenvalue weighted by Crippen LogP contribution is 2.27. The fourth-order valence-electron chi connectivity index (χ4n) is 9.13. The minimum Gasteiger partial charge on any atom is -0.0654 e. The molecule has 0 unspecified atom stereocenters. The Morgan fingerprint density at radius 2 is 0.500 bits per heavy atom. The molecule has 0 heteroatoms. The first-order chi connectivity index (χ1) is 31.1. The van der Waals surface area contributed by atoms with Crippen LogP contribution in [0, 0.1) is 83.1 Å². The van der Waals surface area contributed by atoms with Crippen molar-refractivity contribution in [2.45, 2.75) is 241 Å². The molecular formula is C66H102. The number of unbranched alkanes of at least 4 members (excludes halogenated alkanes) is 2. The predicted molar refractivity (Wildman–Crippen MR) is 301 cm³/mol. The lowest BCUT2D eigenvalue weighted by Crippen LogP contribution is -1.99. The van der Waals surface area contributed by atoms with Gasteiger partial charge in [0.2, 0.25) is 0 Å². The quantitative estimate of drug-likeness (QED) is 0.104. The number of benzene rings is 5. The standard InChI is InChI=1S/C16H26.2C14H22.C12H18.C10H14/c1-5-7-9-15-11-14(4)16(10-8-6-2)12-13(15)3;1-9(2)13-7-12(6)14(10(3)4)8-11(13)5;1-5-7-13-9-12(4)14(8-6-2)10-11(13)3;1-5-11-7-10(4)12(6-2)8-9(11)3;1-7-5-9(3)10(4)6-8(7)2/h11-12H,5-10H2,1-4H3;7-10H,1-6H3;9-10H,5-8H2,1-4H3;7-8H,5-6H2,1-4H3;5-6H,1-4H3. The molecule has 0 saturated carbocycles. The first-order valence-electron chi connectivity index (χ1n) is 26.5. The Hall–Kier alpha value is -3.90. The van der Waals surface area contributed by atoms with E-state index in [2.05, 4.69) is 213 Å².